The Morgan fingerprint density at radius 3 is 2.58 bits per heavy atom. The lowest BCUT2D eigenvalue weighted by Crippen LogP contribution is -2.26. The van der Waals surface area contributed by atoms with Crippen molar-refractivity contribution in [2.75, 3.05) is 7.05 Å². The van der Waals surface area contributed by atoms with Gasteiger partial charge in [0, 0.05) is 42.0 Å². The van der Waals surface area contributed by atoms with Crippen molar-refractivity contribution in [2.45, 2.75) is 26.9 Å². The first-order valence-electron chi connectivity index (χ1n) is 7.86. The number of nitrogens with zero attached hydrogens (tertiary/aromatic N) is 4. The average Bonchev–Trinajstić information content (AvgIpc) is 3.23. The van der Waals surface area contributed by atoms with Crippen LogP contribution in [0.2, 0.25) is 0 Å². The van der Waals surface area contributed by atoms with Crippen LogP contribution in [0.1, 0.15) is 28.0 Å². The van der Waals surface area contributed by atoms with Crippen LogP contribution in [-0.4, -0.2) is 32.6 Å². The van der Waals surface area contributed by atoms with Crippen LogP contribution in [-0.2, 0) is 13.1 Å². The number of rotatable bonds is 5. The van der Waals surface area contributed by atoms with Crippen molar-refractivity contribution in [3.63, 3.8) is 0 Å². The number of aryl methyl sites for hydroxylation is 2. The molecule has 124 valence electrons. The Morgan fingerprint density at radius 2 is 2.00 bits per heavy atom. The minimum Gasteiger partial charge on any atom is -0.335 e. The highest BCUT2D eigenvalue weighted by molar-refractivity contribution is 7.09. The molecule has 0 bridgehead atoms. The molecule has 0 saturated heterocycles. The number of carbonyl (C=O) groups excluding carboxylic acids is 1. The molecule has 5 nitrogen and oxygen atoms in total. The van der Waals surface area contributed by atoms with Crippen LogP contribution in [0, 0.1) is 6.92 Å². The maximum atomic E-state index is 12.5. The molecular weight excluding hydrogens is 320 g/mol. The van der Waals surface area contributed by atoms with Gasteiger partial charge in [-0.05, 0) is 31.5 Å². The number of hydrogen-bond donors (Lipinski definition) is 0. The van der Waals surface area contributed by atoms with E-state index < -0.39 is 0 Å². The van der Waals surface area contributed by atoms with Gasteiger partial charge in [0.05, 0.1) is 12.7 Å². The van der Waals surface area contributed by atoms with E-state index >= 15 is 0 Å². The van der Waals surface area contributed by atoms with Gasteiger partial charge in [-0.2, -0.15) is 5.10 Å². The predicted octanol–water partition coefficient (Wildman–Crippen LogP) is 3.61. The Morgan fingerprint density at radius 1 is 1.25 bits per heavy atom. The summed E-state index contributed by atoms with van der Waals surface area (Å²) in [5.41, 5.74) is 3.79. The second-order valence-electron chi connectivity index (χ2n) is 5.71. The summed E-state index contributed by atoms with van der Waals surface area (Å²) in [5.74, 6) is -0.00124. The fourth-order valence-electron chi connectivity index (χ4n) is 2.46. The second kappa shape index (κ2) is 6.97. The van der Waals surface area contributed by atoms with Gasteiger partial charge in [-0.15, -0.1) is 11.3 Å². The molecule has 0 saturated carbocycles. The molecular formula is C18H20N4OS. The first kappa shape index (κ1) is 16.4. The van der Waals surface area contributed by atoms with Crippen molar-refractivity contribution in [1.29, 1.82) is 0 Å². The Hall–Kier alpha value is -2.47. The van der Waals surface area contributed by atoms with E-state index in [1.54, 1.807) is 23.3 Å². The standard InChI is InChI=1S/C18H20N4OS/c1-4-22-10-16(9-19-22)14-5-7-15(8-6-14)18(23)21(3)11-17-20-13(2)12-24-17/h5-10,12H,4,11H2,1-3H3. The van der Waals surface area contributed by atoms with Gasteiger partial charge in [0.1, 0.15) is 5.01 Å². The summed E-state index contributed by atoms with van der Waals surface area (Å²) < 4.78 is 1.89. The summed E-state index contributed by atoms with van der Waals surface area (Å²) in [5, 5.41) is 7.23. The highest BCUT2D eigenvalue weighted by Gasteiger charge is 2.14. The molecule has 0 radical (unpaired) electrons. The van der Waals surface area contributed by atoms with E-state index in [1.165, 1.54) is 0 Å². The van der Waals surface area contributed by atoms with E-state index in [2.05, 4.69) is 17.0 Å². The lowest BCUT2D eigenvalue weighted by molar-refractivity contribution is 0.0785. The normalized spacial score (nSPS) is 10.8. The summed E-state index contributed by atoms with van der Waals surface area (Å²) in [6.07, 6.45) is 3.85. The minimum atomic E-state index is -0.00124. The molecule has 2 aromatic heterocycles. The molecule has 0 fully saturated rings. The van der Waals surface area contributed by atoms with Gasteiger partial charge < -0.3 is 4.90 Å². The maximum absolute atomic E-state index is 12.5. The number of carbonyl (C=O) groups is 1. The molecule has 0 unspecified atom stereocenters. The van der Waals surface area contributed by atoms with Crippen LogP contribution in [0.3, 0.4) is 0 Å². The molecule has 0 atom stereocenters. The van der Waals surface area contributed by atoms with Gasteiger partial charge in [-0.25, -0.2) is 4.98 Å². The number of hydrogen-bond acceptors (Lipinski definition) is 4. The molecule has 1 aromatic carbocycles. The third kappa shape index (κ3) is 3.54. The van der Waals surface area contributed by atoms with Crippen LogP contribution < -0.4 is 0 Å². The molecule has 0 aliphatic heterocycles. The molecule has 24 heavy (non-hydrogen) atoms. The van der Waals surface area contributed by atoms with Gasteiger partial charge in [-0.3, -0.25) is 9.48 Å². The van der Waals surface area contributed by atoms with E-state index in [0.29, 0.717) is 12.1 Å². The van der Waals surface area contributed by atoms with Crippen LogP contribution in [0.4, 0.5) is 0 Å². The van der Waals surface area contributed by atoms with Crippen LogP contribution in [0.15, 0.2) is 42.0 Å². The third-order valence-electron chi connectivity index (χ3n) is 3.81. The topological polar surface area (TPSA) is 51.0 Å². The Bertz CT molecular complexity index is 835. The van der Waals surface area contributed by atoms with Gasteiger partial charge in [0.2, 0.25) is 0 Å². The van der Waals surface area contributed by atoms with Gasteiger partial charge in [0.25, 0.3) is 5.91 Å². The molecule has 0 spiro atoms. The number of benzene rings is 1. The van der Waals surface area contributed by atoms with Crippen molar-refractivity contribution in [3.8, 4) is 11.1 Å². The molecule has 0 aliphatic carbocycles. The summed E-state index contributed by atoms with van der Waals surface area (Å²) >= 11 is 1.58. The Labute approximate surface area is 145 Å². The predicted molar refractivity (Wildman–Crippen MR) is 96.0 cm³/mol. The van der Waals surface area contributed by atoms with E-state index in [1.807, 2.05) is 53.6 Å². The van der Waals surface area contributed by atoms with Crippen LogP contribution in [0.5, 0.6) is 0 Å². The van der Waals surface area contributed by atoms with E-state index in [0.717, 1.165) is 28.4 Å². The van der Waals surface area contributed by atoms with Crippen molar-refractivity contribution in [3.05, 3.63) is 58.3 Å². The average molecular weight is 340 g/mol. The summed E-state index contributed by atoms with van der Waals surface area (Å²) in [6, 6.07) is 7.66. The molecule has 0 aliphatic rings. The number of thiazole rings is 1. The zero-order valence-corrected chi connectivity index (χ0v) is 14.9. The Kier molecular flexibility index (Phi) is 4.76. The smallest absolute Gasteiger partial charge is 0.253 e. The third-order valence-corrected chi connectivity index (χ3v) is 4.76. The zero-order valence-electron chi connectivity index (χ0n) is 14.1. The van der Waals surface area contributed by atoms with Crippen molar-refractivity contribution < 1.29 is 4.79 Å². The van der Waals surface area contributed by atoms with Crippen LogP contribution >= 0.6 is 11.3 Å². The first-order chi connectivity index (χ1) is 11.6. The minimum absolute atomic E-state index is 0.00124. The largest absolute Gasteiger partial charge is 0.335 e. The monoisotopic (exact) mass is 340 g/mol. The molecule has 0 N–H and O–H groups in total. The summed E-state index contributed by atoms with van der Waals surface area (Å²) in [4.78, 5) is 18.6. The van der Waals surface area contributed by atoms with E-state index in [-0.39, 0.29) is 5.91 Å². The lowest BCUT2D eigenvalue weighted by Gasteiger charge is -2.15. The number of aromatic nitrogens is 3. The van der Waals surface area contributed by atoms with Gasteiger partial charge in [0.15, 0.2) is 0 Å². The highest BCUT2D eigenvalue weighted by atomic mass is 32.1. The second-order valence-corrected chi connectivity index (χ2v) is 6.65. The van der Waals surface area contributed by atoms with Crippen molar-refractivity contribution in [2.24, 2.45) is 0 Å². The van der Waals surface area contributed by atoms with Gasteiger partial charge >= 0.3 is 0 Å². The van der Waals surface area contributed by atoms with E-state index in [9.17, 15) is 4.79 Å². The molecule has 6 heteroatoms. The van der Waals surface area contributed by atoms with Crippen molar-refractivity contribution in [1.82, 2.24) is 19.7 Å². The molecule has 2 heterocycles. The van der Waals surface area contributed by atoms with E-state index in [4.69, 9.17) is 0 Å². The fourth-order valence-corrected chi connectivity index (χ4v) is 3.29. The Balaban J connectivity index is 1.71. The van der Waals surface area contributed by atoms with Crippen molar-refractivity contribution >= 4 is 17.2 Å². The highest BCUT2D eigenvalue weighted by Crippen LogP contribution is 2.20. The first-order valence-corrected chi connectivity index (χ1v) is 8.74. The molecule has 3 aromatic rings. The maximum Gasteiger partial charge on any atom is 0.253 e. The number of amides is 1. The zero-order chi connectivity index (χ0) is 17.1. The van der Waals surface area contributed by atoms with Crippen LogP contribution in [0.25, 0.3) is 11.1 Å². The molecule has 3 rings (SSSR count). The molecule has 1 amide bonds. The lowest BCUT2D eigenvalue weighted by atomic mass is 10.1. The SMILES string of the molecule is CCn1cc(-c2ccc(C(=O)N(C)Cc3nc(C)cs3)cc2)cn1. The summed E-state index contributed by atoms with van der Waals surface area (Å²) in [7, 11) is 1.80. The quantitative estimate of drug-likeness (QED) is 0.713. The summed E-state index contributed by atoms with van der Waals surface area (Å²) in [6.45, 7) is 5.39. The fraction of sp³-hybridized carbons (Fsp3) is 0.278. The van der Waals surface area contributed by atoms with Gasteiger partial charge in [-0.1, -0.05) is 12.1 Å².